The molecule has 0 spiro atoms. The monoisotopic (exact) mass is 452 g/mol. The molecule has 3 atom stereocenters. The summed E-state index contributed by atoms with van der Waals surface area (Å²) in [4.78, 5) is 2.36. The normalized spacial score (nSPS) is 19.5. The van der Waals surface area contributed by atoms with Gasteiger partial charge in [0, 0.05) is 24.7 Å². The van der Waals surface area contributed by atoms with E-state index in [9.17, 15) is 0 Å². The summed E-state index contributed by atoms with van der Waals surface area (Å²) in [5.41, 5.74) is 8.23. The fraction of sp³-hybridized carbons (Fsp3) is 0.400. The van der Waals surface area contributed by atoms with Crippen LogP contribution in [0.5, 0.6) is 11.5 Å². The van der Waals surface area contributed by atoms with E-state index in [0.29, 0.717) is 0 Å². The number of rotatable bonds is 6. The molecule has 0 aliphatic carbocycles. The molecule has 3 rings (SSSR count). The Bertz CT molecular complexity index is 671. The largest absolute Gasteiger partial charge is 0.489 e. The predicted octanol–water partition coefficient (Wildman–Crippen LogP) is 4.52. The van der Waals surface area contributed by atoms with Crippen LogP contribution in [-0.4, -0.2) is 23.3 Å². The first kappa shape index (κ1) is 18.3. The molecular formula is C20H25IN2O2. The van der Waals surface area contributed by atoms with E-state index < -0.39 is 0 Å². The number of anilines is 1. The van der Waals surface area contributed by atoms with Crippen LogP contribution in [0.25, 0.3) is 0 Å². The Hall–Kier alpha value is -1.47. The fourth-order valence-electron chi connectivity index (χ4n) is 3.02. The molecule has 1 unspecified atom stereocenters. The van der Waals surface area contributed by atoms with E-state index >= 15 is 0 Å². The lowest BCUT2D eigenvalue weighted by Crippen LogP contribution is -2.24. The summed E-state index contributed by atoms with van der Waals surface area (Å²) in [6.07, 6.45) is 1.24. The Kier molecular flexibility index (Phi) is 6.06. The average Bonchev–Trinajstić information content (AvgIpc) is 3.04. The summed E-state index contributed by atoms with van der Waals surface area (Å²) >= 11 is 2.26. The molecule has 1 aliphatic rings. The first-order chi connectivity index (χ1) is 12.0. The Morgan fingerprint density at radius 2 is 1.68 bits per heavy atom. The van der Waals surface area contributed by atoms with Gasteiger partial charge < -0.3 is 20.1 Å². The maximum atomic E-state index is 6.13. The number of hydrogen-bond acceptors (Lipinski definition) is 4. The van der Waals surface area contributed by atoms with Gasteiger partial charge in [0.25, 0.3) is 0 Å². The number of nitrogens with zero attached hydrogens (tertiary/aromatic N) is 1. The lowest BCUT2D eigenvalue weighted by Gasteiger charge is -2.20. The average molecular weight is 452 g/mol. The Morgan fingerprint density at radius 3 is 2.28 bits per heavy atom. The molecule has 134 valence electrons. The highest BCUT2D eigenvalue weighted by Gasteiger charge is 2.24. The van der Waals surface area contributed by atoms with Gasteiger partial charge in [-0.25, -0.2) is 0 Å². The summed E-state index contributed by atoms with van der Waals surface area (Å²) in [6.45, 7) is 5.92. The van der Waals surface area contributed by atoms with Crippen LogP contribution in [0.3, 0.4) is 0 Å². The zero-order chi connectivity index (χ0) is 17.8. The second-order valence-electron chi connectivity index (χ2n) is 6.49. The lowest BCUT2D eigenvalue weighted by atomic mass is 10.1. The Balaban J connectivity index is 1.56. The highest BCUT2D eigenvalue weighted by Crippen LogP contribution is 2.26. The quantitative estimate of drug-likeness (QED) is 0.517. The van der Waals surface area contributed by atoms with Crippen LogP contribution in [0.4, 0.5) is 5.69 Å². The van der Waals surface area contributed by atoms with Crippen molar-refractivity contribution in [2.24, 2.45) is 5.73 Å². The zero-order valence-electron chi connectivity index (χ0n) is 14.7. The lowest BCUT2D eigenvalue weighted by molar-refractivity contribution is 0.225. The van der Waals surface area contributed by atoms with Crippen LogP contribution in [0.1, 0.15) is 31.9 Å². The van der Waals surface area contributed by atoms with Crippen molar-refractivity contribution in [3.63, 3.8) is 0 Å². The van der Waals surface area contributed by atoms with Gasteiger partial charge in [-0.2, -0.15) is 0 Å². The molecule has 1 heterocycles. The second kappa shape index (κ2) is 8.27. The van der Waals surface area contributed by atoms with Crippen LogP contribution in [0, 0.1) is 0 Å². The highest BCUT2D eigenvalue weighted by atomic mass is 127. The summed E-state index contributed by atoms with van der Waals surface area (Å²) in [5.74, 6) is 1.82. The van der Waals surface area contributed by atoms with E-state index in [1.807, 2.05) is 50.2 Å². The van der Waals surface area contributed by atoms with Crippen LogP contribution in [0.2, 0.25) is 0 Å². The van der Waals surface area contributed by atoms with Crippen molar-refractivity contribution in [1.82, 2.24) is 0 Å². The molecule has 0 amide bonds. The third kappa shape index (κ3) is 5.01. The molecule has 2 N–H and O–H groups in total. The van der Waals surface area contributed by atoms with Gasteiger partial charge in [0.2, 0.25) is 0 Å². The molecule has 25 heavy (non-hydrogen) atoms. The predicted molar refractivity (Wildman–Crippen MR) is 111 cm³/mol. The number of ether oxygens (including phenoxy) is 2. The van der Waals surface area contributed by atoms with Crippen molar-refractivity contribution < 1.29 is 9.47 Å². The van der Waals surface area contributed by atoms with Crippen molar-refractivity contribution in [3.8, 4) is 11.5 Å². The third-order valence-corrected chi connectivity index (χ3v) is 4.61. The maximum Gasteiger partial charge on any atom is 0.146 e. The number of alkyl halides is 1. The zero-order valence-corrected chi connectivity index (χ0v) is 16.8. The van der Waals surface area contributed by atoms with E-state index in [1.165, 1.54) is 5.69 Å². The molecule has 1 fully saturated rings. The minimum absolute atomic E-state index is 0.0539. The van der Waals surface area contributed by atoms with Gasteiger partial charge in [-0.1, -0.05) is 12.1 Å². The first-order valence-corrected chi connectivity index (χ1v) is 9.94. The van der Waals surface area contributed by atoms with Crippen molar-refractivity contribution in [2.75, 3.05) is 18.0 Å². The molecule has 0 radical (unpaired) electrons. The van der Waals surface area contributed by atoms with Crippen LogP contribution in [-0.2, 0) is 0 Å². The summed E-state index contributed by atoms with van der Waals surface area (Å²) in [6, 6.07) is 16.5. The van der Waals surface area contributed by atoms with Crippen molar-refractivity contribution in [1.29, 1.82) is 0 Å². The first-order valence-electron chi connectivity index (χ1n) is 8.69. The van der Waals surface area contributed by atoms with E-state index in [2.05, 4.69) is 39.6 Å². The molecule has 0 saturated carbocycles. The third-order valence-electron chi connectivity index (χ3n) is 4.35. The maximum absolute atomic E-state index is 6.13. The Morgan fingerprint density at radius 1 is 1.04 bits per heavy atom. The highest BCUT2D eigenvalue weighted by molar-refractivity contribution is 14.1. The number of nitrogens with two attached hydrogens (primary N) is 1. The summed E-state index contributed by atoms with van der Waals surface area (Å²) < 4.78 is 12.0. The molecule has 0 bridgehead atoms. The molecule has 0 aromatic heterocycles. The van der Waals surface area contributed by atoms with E-state index in [0.717, 1.165) is 36.6 Å². The fourth-order valence-corrected chi connectivity index (χ4v) is 3.32. The van der Waals surface area contributed by atoms with Gasteiger partial charge in [0.15, 0.2) is 0 Å². The van der Waals surface area contributed by atoms with Crippen molar-refractivity contribution >= 4 is 28.3 Å². The van der Waals surface area contributed by atoms with Crippen molar-refractivity contribution in [2.45, 2.75) is 36.5 Å². The van der Waals surface area contributed by atoms with E-state index in [-0.39, 0.29) is 16.3 Å². The number of hydrogen-bond donors (Lipinski definition) is 1. The van der Waals surface area contributed by atoms with Gasteiger partial charge in [-0.15, -0.1) is 0 Å². The molecule has 2 aromatic carbocycles. The van der Waals surface area contributed by atoms with E-state index in [1.54, 1.807) is 0 Å². The molecule has 2 aromatic rings. The SMILES string of the molecule is CC(I)Oc1ccc(N2CC[C@@H](Oc3ccc([C@H](C)N)cc3)C2)cc1. The van der Waals surface area contributed by atoms with Crippen LogP contribution >= 0.6 is 22.6 Å². The molecule has 4 nitrogen and oxygen atoms in total. The van der Waals surface area contributed by atoms with Gasteiger partial charge in [0.1, 0.15) is 21.7 Å². The Labute approximate surface area is 163 Å². The van der Waals surface area contributed by atoms with Gasteiger partial charge in [-0.3, -0.25) is 0 Å². The summed E-state index contributed by atoms with van der Waals surface area (Å²) in [7, 11) is 0. The molecular weight excluding hydrogens is 427 g/mol. The van der Waals surface area contributed by atoms with Gasteiger partial charge in [0.05, 0.1) is 6.54 Å². The van der Waals surface area contributed by atoms with E-state index in [4.69, 9.17) is 15.2 Å². The van der Waals surface area contributed by atoms with Gasteiger partial charge >= 0.3 is 0 Å². The second-order valence-corrected chi connectivity index (χ2v) is 8.24. The standard InChI is InChI=1S/C20H25IN2O2/c1-14(22)16-3-7-19(8-4-16)25-20-11-12-23(13-20)17-5-9-18(10-6-17)24-15(2)21/h3-10,14-15,20H,11-13,22H2,1-2H3/t14-,15?,20+/m0/s1. The minimum atomic E-state index is 0.0539. The number of benzene rings is 2. The summed E-state index contributed by atoms with van der Waals surface area (Å²) in [5, 5.41) is 0. The number of halogens is 1. The molecule has 1 aliphatic heterocycles. The topological polar surface area (TPSA) is 47.7 Å². The van der Waals surface area contributed by atoms with Crippen molar-refractivity contribution in [3.05, 3.63) is 54.1 Å². The van der Waals surface area contributed by atoms with Gasteiger partial charge in [-0.05, 0) is 78.4 Å². The minimum Gasteiger partial charge on any atom is -0.489 e. The van der Waals surface area contributed by atoms with Crippen LogP contribution in [0.15, 0.2) is 48.5 Å². The molecule has 1 saturated heterocycles. The van der Waals surface area contributed by atoms with Crippen LogP contribution < -0.4 is 20.1 Å². The smallest absolute Gasteiger partial charge is 0.146 e. The molecule has 5 heteroatoms.